The number of carbonyl (C=O) groups is 4. The van der Waals surface area contributed by atoms with Crippen molar-refractivity contribution in [3.05, 3.63) is 24.3 Å². The summed E-state index contributed by atoms with van der Waals surface area (Å²) in [5.41, 5.74) is 0.225. The number of carbonyl (C=O) groups excluding carboxylic acids is 4. The Bertz CT molecular complexity index is 1080. The molecule has 1 N–H and O–H groups in total. The molecule has 0 radical (unpaired) electrons. The van der Waals surface area contributed by atoms with Crippen LogP contribution in [-0.2, 0) is 24.4 Å². The predicted octanol–water partition coefficient (Wildman–Crippen LogP) is 1.78. The Kier molecular flexibility index (Phi) is 6.53. The summed E-state index contributed by atoms with van der Waals surface area (Å²) in [6, 6.07) is 4.72. The third kappa shape index (κ3) is 4.51. The zero-order chi connectivity index (χ0) is 23.8. The number of nitrogens with zero attached hydrogens (tertiary/aromatic N) is 3. The normalized spacial score (nSPS) is 24.6. The van der Waals surface area contributed by atoms with E-state index in [-0.39, 0.29) is 22.5 Å². The van der Waals surface area contributed by atoms with Crippen LogP contribution in [0, 0.1) is 5.92 Å². The molecule has 3 fully saturated rings. The van der Waals surface area contributed by atoms with Crippen molar-refractivity contribution in [3.8, 4) is 0 Å². The van der Waals surface area contributed by atoms with Crippen molar-refractivity contribution < 1.29 is 27.6 Å². The van der Waals surface area contributed by atoms with Crippen molar-refractivity contribution in [1.29, 1.82) is 0 Å². The number of imide groups is 2. The smallest absolute Gasteiger partial charge is 0.324 e. The van der Waals surface area contributed by atoms with Crippen LogP contribution in [0.4, 0.5) is 10.5 Å². The van der Waals surface area contributed by atoms with Gasteiger partial charge in [-0.05, 0) is 49.8 Å². The number of benzene rings is 1. The highest BCUT2D eigenvalue weighted by atomic mass is 32.2. The Labute approximate surface area is 192 Å². The van der Waals surface area contributed by atoms with Gasteiger partial charge in [-0.2, -0.15) is 4.31 Å². The molecule has 0 spiro atoms. The van der Waals surface area contributed by atoms with Gasteiger partial charge in [-0.15, -0.1) is 0 Å². The highest BCUT2D eigenvalue weighted by Gasteiger charge is 2.49. The molecule has 4 rings (SSSR count). The van der Waals surface area contributed by atoms with Gasteiger partial charge in [-0.1, -0.05) is 25.8 Å². The van der Waals surface area contributed by atoms with Crippen LogP contribution in [0.2, 0.25) is 0 Å². The molecular formula is C22H28N4O6S. The number of rotatable bonds is 6. The molecule has 5 amide bonds. The fourth-order valence-electron chi connectivity index (χ4n) is 4.79. The van der Waals surface area contributed by atoms with Crippen LogP contribution in [0.25, 0.3) is 0 Å². The number of hydrogen-bond donors (Lipinski definition) is 1. The summed E-state index contributed by atoms with van der Waals surface area (Å²) in [4.78, 5) is 52.1. The van der Waals surface area contributed by atoms with Gasteiger partial charge in [0, 0.05) is 24.8 Å². The number of sulfonamides is 1. The number of amides is 5. The van der Waals surface area contributed by atoms with E-state index in [0.29, 0.717) is 24.4 Å². The molecule has 1 aliphatic carbocycles. The van der Waals surface area contributed by atoms with Crippen LogP contribution in [0.5, 0.6) is 0 Å². The van der Waals surface area contributed by atoms with Gasteiger partial charge in [-0.3, -0.25) is 19.3 Å². The van der Waals surface area contributed by atoms with Crippen molar-refractivity contribution in [2.75, 3.05) is 25.0 Å². The number of anilines is 1. The third-order valence-electron chi connectivity index (χ3n) is 6.60. The molecule has 0 bridgehead atoms. The minimum Gasteiger partial charge on any atom is -0.324 e. The highest BCUT2D eigenvalue weighted by Crippen LogP contribution is 2.31. The Morgan fingerprint density at radius 2 is 1.73 bits per heavy atom. The second kappa shape index (κ2) is 9.22. The lowest BCUT2D eigenvalue weighted by atomic mass is 9.85. The molecule has 33 heavy (non-hydrogen) atoms. The van der Waals surface area contributed by atoms with E-state index >= 15 is 0 Å². The Balaban J connectivity index is 1.44. The number of nitrogens with one attached hydrogen (secondary N) is 1. The van der Waals surface area contributed by atoms with Gasteiger partial charge in [-0.25, -0.2) is 18.1 Å². The SMILES string of the molecule is C[C@H]1CCCC[C@@H]1N1C(=O)C(=O)N(CC(=O)Nc2cccc(S(=O)(=O)N3CCCC3)c2)C1=O. The van der Waals surface area contributed by atoms with Crippen molar-refractivity contribution in [2.45, 2.75) is 56.4 Å². The van der Waals surface area contributed by atoms with E-state index in [1.54, 1.807) is 0 Å². The molecule has 2 aliphatic heterocycles. The topological polar surface area (TPSA) is 124 Å². The van der Waals surface area contributed by atoms with Crippen LogP contribution >= 0.6 is 0 Å². The first-order valence-electron chi connectivity index (χ1n) is 11.3. The number of hydrogen-bond acceptors (Lipinski definition) is 6. The molecule has 1 saturated carbocycles. The zero-order valence-corrected chi connectivity index (χ0v) is 19.3. The summed E-state index contributed by atoms with van der Waals surface area (Å²) in [7, 11) is -3.66. The van der Waals surface area contributed by atoms with Crippen LogP contribution in [0.1, 0.15) is 45.4 Å². The van der Waals surface area contributed by atoms with Gasteiger partial charge >= 0.3 is 17.8 Å². The van der Waals surface area contributed by atoms with Crippen LogP contribution in [-0.4, -0.2) is 72.0 Å². The monoisotopic (exact) mass is 476 g/mol. The number of urea groups is 1. The molecule has 11 heteroatoms. The van der Waals surface area contributed by atoms with Gasteiger partial charge in [0.05, 0.1) is 4.90 Å². The Morgan fingerprint density at radius 3 is 2.42 bits per heavy atom. The Morgan fingerprint density at radius 1 is 1.03 bits per heavy atom. The van der Waals surface area contributed by atoms with Crippen molar-refractivity contribution in [2.24, 2.45) is 5.92 Å². The van der Waals surface area contributed by atoms with E-state index in [2.05, 4.69) is 5.32 Å². The molecule has 178 valence electrons. The second-order valence-electron chi connectivity index (χ2n) is 8.87. The largest absolute Gasteiger partial charge is 0.334 e. The first-order valence-corrected chi connectivity index (χ1v) is 12.7. The maximum atomic E-state index is 12.8. The standard InChI is InChI=1S/C22H28N4O6S/c1-15-7-2-3-10-18(15)26-21(29)20(28)25(22(26)30)14-19(27)23-16-8-6-9-17(13-16)33(31,32)24-11-4-5-12-24/h6,8-9,13,15,18H,2-5,7,10-12,14H2,1H3,(H,23,27)/t15-,18-/m0/s1. The van der Waals surface area contributed by atoms with Gasteiger partial charge in [0.15, 0.2) is 0 Å². The molecule has 1 aromatic rings. The lowest BCUT2D eigenvalue weighted by Gasteiger charge is -2.34. The average molecular weight is 477 g/mol. The zero-order valence-electron chi connectivity index (χ0n) is 18.5. The van der Waals surface area contributed by atoms with Crippen LogP contribution < -0.4 is 5.32 Å². The quantitative estimate of drug-likeness (QED) is 0.493. The fourth-order valence-corrected chi connectivity index (χ4v) is 6.35. The van der Waals surface area contributed by atoms with Gasteiger partial charge in [0.1, 0.15) is 6.54 Å². The predicted molar refractivity (Wildman–Crippen MR) is 118 cm³/mol. The first kappa shape index (κ1) is 23.4. The molecule has 0 unspecified atom stereocenters. The van der Waals surface area contributed by atoms with Gasteiger partial charge in [0.25, 0.3) is 0 Å². The fraction of sp³-hybridized carbons (Fsp3) is 0.545. The molecule has 2 saturated heterocycles. The molecular weight excluding hydrogens is 448 g/mol. The maximum absolute atomic E-state index is 12.8. The molecule has 10 nitrogen and oxygen atoms in total. The van der Waals surface area contributed by atoms with E-state index < -0.39 is 40.3 Å². The van der Waals surface area contributed by atoms with Crippen molar-refractivity contribution in [1.82, 2.24) is 14.1 Å². The molecule has 2 heterocycles. The minimum atomic E-state index is -3.66. The lowest BCUT2D eigenvalue weighted by molar-refractivity contribution is -0.145. The summed E-state index contributed by atoms with van der Waals surface area (Å²) < 4.78 is 26.9. The van der Waals surface area contributed by atoms with E-state index in [1.165, 1.54) is 28.6 Å². The van der Waals surface area contributed by atoms with Crippen LogP contribution in [0.15, 0.2) is 29.2 Å². The third-order valence-corrected chi connectivity index (χ3v) is 8.50. The van der Waals surface area contributed by atoms with E-state index in [4.69, 9.17) is 0 Å². The average Bonchev–Trinajstić information content (AvgIpc) is 3.40. The van der Waals surface area contributed by atoms with E-state index in [1.807, 2.05) is 6.92 Å². The van der Waals surface area contributed by atoms with Crippen molar-refractivity contribution >= 4 is 39.5 Å². The lowest BCUT2D eigenvalue weighted by Crippen LogP contribution is -2.46. The van der Waals surface area contributed by atoms with Gasteiger partial charge < -0.3 is 5.32 Å². The summed E-state index contributed by atoms with van der Waals surface area (Å²) in [6.45, 7) is 2.25. The van der Waals surface area contributed by atoms with E-state index in [0.717, 1.165) is 37.0 Å². The van der Waals surface area contributed by atoms with E-state index in [9.17, 15) is 27.6 Å². The highest BCUT2D eigenvalue weighted by molar-refractivity contribution is 7.89. The Hall–Kier alpha value is -2.79. The summed E-state index contributed by atoms with van der Waals surface area (Å²) in [5.74, 6) is -2.52. The summed E-state index contributed by atoms with van der Waals surface area (Å²) in [5, 5.41) is 2.53. The van der Waals surface area contributed by atoms with Crippen LogP contribution in [0.3, 0.4) is 0 Å². The minimum absolute atomic E-state index is 0.0585. The molecule has 3 aliphatic rings. The summed E-state index contributed by atoms with van der Waals surface area (Å²) >= 11 is 0. The second-order valence-corrected chi connectivity index (χ2v) is 10.8. The summed E-state index contributed by atoms with van der Waals surface area (Å²) in [6.07, 6.45) is 5.01. The molecule has 1 aromatic carbocycles. The maximum Gasteiger partial charge on any atom is 0.334 e. The first-order chi connectivity index (χ1) is 15.7. The van der Waals surface area contributed by atoms with Crippen molar-refractivity contribution in [3.63, 3.8) is 0 Å². The molecule has 2 atom stereocenters. The van der Waals surface area contributed by atoms with Gasteiger partial charge in [0.2, 0.25) is 15.9 Å². The molecule has 0 aromatic heterocycles.